The summed E-state index contributed by atoms with van der Waals surface area (Å²) in [6, 6.07) is 16.1. The quantitative estimate of drug-likeness (QED) is 0.369. The maximum absolute atomic E-state index is 5.82. The van der Waals surface area contributed by atoms with Crippen LogP contribution in [-0.2, 0) is 14.9 Å². The molecule has 0 atom stereocenters. The Kier molecular flexibility index (Phi) is 8.01. The predicted molar refractivity (Wildman–Crippen MR) is 124 cm³/mol. The Morgan fingerprint density at radius 1 is 0.655 bits per heavy atom. The Morgan fingerprint density at radius 2 is 0.966 bits per heavy atom. The molecule has 29 heavy (non-hydrogen) atoms. The summed E-state index contributed by atoms with van der Waals surface area (Å²) in [6.07, 6.45) is 0. The Labute approximate surface area is 182 Å². The van der Waals surface area contributed by atoms with Crippen molar-refractivity contribution in [1.29, 1.82) is 0 Å². The third kappa shape index (κ3) is 5.87. The second kappa shape index (κ2) is 9.69. The first-order valence-corrected chi connectivity index (χ1v) is 11.5. The summed E-state index contributed by atoms with van der Waals surface area (Å²) in [5.74, 6) is 2.39. The van der Waals surface area contributed by atoms with E-state index in [1.165, 1.54) is 11.1 Å². The van der Waals surface area contributed by atoms with Crippen molar-refractivity contribution < 1.29 is 13.1 Å². The summed E-state index contributed by atoms with van der Waals surface area (Å²) in [5.41, 5.74) is 2.71. The lowest BCUT2D eigenvalue weighted by molar-refractivity contribution is 0.370. The number of hydrogen-bond donors (Lipinski definition) is 0. The zero-order valence-corrected chi connectivity index (χ0v) is 20.5. The van der Waals surface area contributed by atoms with Crippen LogP contribution in [0.2, 0.25) is 0 Å². The van der Waals surface area contributed by atoms with Gasteiger partial charge in [-0.1, -0.05) is 79.7 Å². The maximum Gasteiger partial charge on any atom is 0.481 e. The van der Waals surface area contributed by atoms with E-state index >= 15 is 0 Å². The fraction of sp³-hybridized carbons (Fsp3) is 0.500. The van der Waals surface area contributed by atoms with Crippen LogP contribution in [0.3, 0.4) is 0 Å². The van der Waals surface area contributed by atoms with E-state index in [1.54, 1.807) is 0 Å². The Morgan fingerprint density at radius 3 is 1.21 bits per heavy atom. The largest absolute Gasteiger partial charge is 0.481 e. The van der Waals surface area contributed by atoms with Crippen LogP contribution < -0.4 is 9.05 Å². The molecule has 0 bridgehead atoms. The molecule has 0 spiro atoms. The molecule has 0 aliphatic rings. The van der Waals surface area contributed by atoms with E-state index in [2.05, 4.69) is 79.7 Å². The van der Waals surface area contributed by atoms with Crippen molar-refractivity contribution in [2.24, 2.45) is 11.8 Å². The summed E-state index contributed by atoms with van der Waals surface area (Å²) in [7, 11) is -1.75. The Balaban J connectivity index is 2.06. The van der Waals surface area contributed by atoms with E-state index in [9.17, 15) is 0 Å². The highest BCUT2D eigenvalue weighted by atomic mass is 35.5. The van der Waals surface area contributed by atoms with E-state index in [4.69, 9.17) is 25.0 Å². The van der Waals surface area contributed by atoms with Crippen molar-refractivity contribution in [3.63, 3.8) is 0 Å². The second-order valence-corrected chi connectivity index (χ2v) is 10.6. The second-order valence-electron chi connectivity index (χ2n) is 9.28. The summed E-state index contributed by atoms with van der Waals surface area (Å²) < 4.78 is 16.6. The summed E-state index contributed by atoms with van der Waals surface area (Å²) in [4.78, 5) is 0. The molecule has 160 valence electrons. The Hall–Kier alpha value is -1.28. The minimum Gasteiger partial charge on any atom is -0.417 e. The number of benzene rings is 2. The molecule has 0 unspecified atom stereocenters. The van der Waals surface area contributed by atoms with Crippen LogP contribution in [0.15, 0.2) is 48.5 Å². The molecule has 0 saturated carbocycles. The van der Waals surface area contributed by atoms with Gasteiger partial charge in [0.25, 0.3) is 0 Å². The molecule has 0 amide bonds. The lowest BCUT2D eigenvalue weighted by atomic mass is 9.75. The highest BCUT2D eigenvalue weighted by molar-refractivity contribution is 7.43. The summed E-state index contributed by atoms with van der Waals surface area (Å²) >= 11 is 5.64. The molecule has 2 aromatic rings. The van der Waals surface area contributed by atoms with Gasteiger partial charge in [0.15, 0.2) is 0 Å². The predicted octanol–water partition coefficient (Wildman–Crippen LogP) is 8.41. The van der Waals surface area contributed by atoms with Crippen LogP contribution in [0, 0.1) is 11.8 Å². The van der Waals surface area contributed by atoms with Gasteiger partial charge in [0.1, 0.15) is 11.5 Å². The minimum absolute atomic E-state index is 0.0915. The molecule has 0 saturated heterocycles. The van der Waals surface area contributed by atoms with Gasteiger partial charge in [-0.25, -0.2) is 0 Å². The van der Waals surface area contributed by atoms with Crippen LogP contribution in [0.1, 0.15) is 66.5 Å². The van der Waals surface area contributed by atoms with Crippen LogP contribution in [0.25, 0.3) is 0 Å². The minimum atomic E-state index is -1.75. The van der Waals surface area contributed by atoms with E-state index < -0.39 is 8.60 Å². The SMILES string of the molecule is CC(C)C(C)(C)c1ccc(OP(OCl)Oc2ccc(C(C)(C)C(C)C)cc2)cc1. The fourth-order valence-electron chi connectivity index (χ4n) is 2.78. The molecule has 0 radical (unpaired) electrons. The Bertz CT molecular complexity index is 702. The third-order valence-corrected chi connectivity index (χ3v) is 7.67. The van der Waals surface area contributed by atoms with Crippen LogP contribution in [0.5, 0.6) is 11.5 Å². The molecule has 3 nitrogen and oxygen atoms in total. The van der Waals surface area contributed by atoms with Gasteiger partial charge in [-0.15, -0.1) is 0 Å². The molecule has 5 heteroatoms. The zero-order valence-electron chi connectivity index (χ0n) is 18.8. The standard InChI is InChI=1S/C24H34ClO3P/c1-17(2)23(5,6)19-9-13-21(14-10-19)26-29(28-25)27-22-15-11-20(12-16-22)24(7,8)18(3)4/h9-18H,1-8H3. The van der Waals surface area contributed by atoms with Crippen LogP contribution in [0.4, 0.5) is 0 Å². The molecule has 0 heterocycles. The molecular weight excluding hydrogens is 403 g/mol. The lowest BCUT2D eigenvalue weighted by Gasteiger charge is -2.30. The smallest absolute Gasteiger partial charge is 0.417 e. The molecule has 2 rings (SSSR count). The third-order valence-electron chi connectivity index (χ3n) is 6.50. The molecule has 0 N–H and O–H groups in total. The van der Waals surface area contributed by atoms with Gasteiger partial charge in [0.05, 0.1) is 11.9 Å². The highest BCUT2D eigenvalue weighted by Crippen LogP contribution is 2.43. The zero-order chi connectivity index (χ0) is 21.8. The van der Waals surface area contributed by atoms with Crippen molar-refractivity contribution >= 4 is 20.5 Å². The van der Waals surface area contributed by atoms with E-state index in [-0.39, 0.29) is 10.8 Å². The topological polar surface area (TPSA) is 27.7 Å². The van der Waals surface area contributed by atoms with Crippen molar-refractivity contribution in [3.8, 4) is 11.5 Å². The first-order valence-electron chi connectivity index (χ1n) is 10.1. The van der Waals surface area contributed by atoms with Gasteiger partial charge in [-0.2, -0.15) is 4.08 Å². The van der Waals surface area contributed by atoms with Gasteiger partial charge in [0.2, 0.25) is 0 Å². The molecule has 2 aromatic carbocycles. The van der Waals surface area contributed by atoms with Crippen LogP contribution >= 0.6 is 20.5 Å². The molecule has 0 aromatic heterocycles. The van der Waals surface area contributed by atoms with Gasteiger partial charge in [-0.3, -0.25) is 0 Å². The summed E-state index contributed by atoms with van der Waals surface area (Å²) in [6.45, 7) is 17.9. The first kappa shape index (κ1) is 24.0. The van der Waals surface area contributed by atoms with E-state index in [0.29, 0.717) is 23.3 Å². The van der Waals surface area contributed by atoms with E-state index in [0.717, 1.165) is 0 Å². The molecule has 0 aliphatic carbocycles. The maximum atomic E-state index is 5.82. The normalized spacial score (nSPS) is 12.7. The number of halogens is 1. The van der Waals surface area contributed by atoms with Gasteiger partial charge >= 0.3 is 8.60 Å². The van der Waals surface area contributed by atoms with E-state index in [1.807, 2.05) is 24.3 Å². The number of rotatable bonds is 9. The average molecular weight is 437 g/mol. The molecule has 0 fully saturated rings. The molecular formula is C24H34ClO3P. The van der Waals surface area contributed by atoms with Crippen molar-refractivity contribution in [2.45, 2.75) is 66.2 Å². The lowest BCUT2D eigenvalue weighted by Crippen LogP contribution is -2.24. The first-order chi connectivity index (χ1) is 13.5. The fourth-order valence-corrected chi connectivity index (χ4v) is 3.63. The van der Waals surface area contributed by atoms with Gasteiger partial charge in [-0.05, 0) is 58.1 Å². The summed E-state index contributed by atoms with van der Waals surface area (Å²) in [5, 5.41) is 0. The monoisotopic (exact) mass is 436 g/mol. The number of hydrogen-bond acceptors (Lipinski definition) is 3. The van der Waals surface area contributed by atoms with Crippen LogP contribution in [-0.4, -0.2) is 0 Å². The van der Waals surface area contributed by atoms with Crippen molar-refractivity contribution in [1.82, 2.24) is 0 Å². The average Bonchev–Trinajstić information content (AvgIpc) is 2.68. The van der Waals surface area contributed by atoms with Gasteiger partial charge < -0.3 is 9.05 Å². The van der Waals surface area contributed by atoms with Crippen molar-refractivity contribution in [3.05, 3.63) is 59.7 Å². The van der Waals surface area contributed by atoms with Crippen molar-refractivity contribution in [2.75, 3.05) is 0 Å². The highest BCUT2D eigenvalue weighted by Gasteiger charge is 2.26. The van der Waals surface area contributed by atoms with Gasteiger partial charge in [0, 0.05) is 0 Å². The molecule has 0 aliphatic heterocycles.